The van der Waals surface area contributed by atoms with E-state index in [0.29, 0.717) is 6.42 Å². The van der Waals surface area contributed by atoms with Crippen LogP contribution in [0.3, 0.4) is 0 Å². The predicted octanol–water partition coefficient (Wildman–Crippen LogP) is -1.72. The number of benzene rings is 1. The van der Waals surface area contributed by atoms with Crippen LogP contribution in [0, 0.1) is 0 Å². The number of guanidine groups is 1. The van der Waals surface area contributed by atoms with Crippen LogP contribution in [0.5, 0.6) is 0 Å². The number of carboxylic acids is 1. The molecule has 0 radical (unpaired) electrons. The van der Waals surface area contributed by atoms with E-state index < -0.39 is 48.4 Å². The molecule has 0 spiro atoms. The van der Waals surface area contributed by atoms with Crippen molar-refractivity contribution in [3.63, 3.8) is 0 Å². The molecule has 3 unspecified atom stereocenters. The van der Waals surface area contributed by atoms with Crippen LogP contribution in [0.1, 0.15) is 25.3 Å². The lowest BCUT2D eigenvalue weighted by molar-refractivity contribution is -0.138. The molecule has 13 heteroatoms. The molecule has 0 aliphatic heterocycles. The number of nitrogens with one attached hydrogen (secondary N) is 4. The number of H-pyrrole nitrogens is 1. The second kappa shape index (κ2) is 12.9. The highest BCUT2D eigenvalue weighted by atomic mass is 16.4. The first-order chi connectivity index (χ1) is 16.6. The summed E-state index contributed by atoms with van der Waals surface area (Å²) in [6.45, 7) is 1.10. The normalized spacial score (nSPS) is 13.3. The molecule has 0 aliphatic rings. The van der Waals surface area contributed by atoms with Crippen LogP contribution in [0.4, 0.5) is 0 Å². The van der Waals surface area contributed by atoms with Gasteiger partial charge in [0.1, 0.15) is 18.6 Å². The number of aromatic amines is 1. The van der Waals surface area contributed by atoms with Crippen molar-refractivity contribution in [1.82, 2.24) is 20.9 Å². The van der Waals surface area contributed by atoms with E-state index in [1.807, 2.05) is 24.3 Å². The fourth-order valence-corrected chi connectivity index (χ4v) is 3.36. The third-order valence-corrected chi connectivity index (χ3v) is 5.14. The van der Waals surface area contributed by atoms with E-state index >= 15 is 0 Å². The Balaban J connectivity index is 2.22. The largest absolute Gasteiger partial charge is 0.480 e. The molecular weight excluding hydrogens is 456 g/mol. The fraction of sp³-hybridized carbons (Fsp3) is 0.409. The third kappa shape index (κ3) is 8.62. The Kier molecular flexibility index (Phi) is 10.0. The molecule has 190 valence electrons. The molecule has 3 amide bonds. The molecular formula is C22H32N8O5. The van der Waals surface area contributed by atoms with Crippen LogP contribution in [-0.4, -0.2) is 71.0 Å². The van der Waals surface area contributed by atoms with Gasteiger partial charge in [0, 0.05) is 30.1 Å². The second-order valence-corrected chi connectivity index (χ2v) is 8.04. The molecule has 1 aromatic carbocycles. The van der Waals surface area contributed by atoms with Crippen molar-refractivity contribution < 1.29 is 24.3 Å². The first-order valence-corrected chi connectivity index (χ1v) is 11.0. The van der Waals surface area contributed by atoms with Gasteiger partial charge in [0.2, 0.25) is 17.7 Å². The van der Waals surface area contributed by atoms with E-state index in [4.69, 9.17) is 22.3 Å². The van der Waals surface area contributed by atoms with Crippen LogP contribution in [-0.2, 0) is 25.6 Å². The number of rotatable bonds is 13. The molecule has 2 rings (SSSR count). The molecule has 11 N–H and O–H groups in total. The number of nitrogens with zero attached hydrogens (tertiary/aromatic N) is 1. The summed E-state index contributed by atoms with van der Waals surface area (Å²) in [5.74, 6) is -3.17. The van der Waals surface area contributed by atoms with Crippen molar-refractivity contribution in [3.05, 3.63) is 36.0 Å². The van der Waals surface area contributed by atoms with Gasteiger partial charge in [-0.05, 0) is 31.4 Å². The lowest BCUT2D eigenvalue weighted by atomic mass is 10.0. The summed E-state index contributed by atoms with van der Waals surface area (Å²) in [5.41, 5.74) is 17.8. The summed E-state index contributed by atoms with van der Waals surface area (Å²) in [6.07, 6.45) is 2.35. The number of carbonyl (C=O) groups excluding carboxylic acids is 3. The summed E-state index contributed by atoms with van der Waals surface area (Å²) < 4.78 is 0. The molecule has 35 heavy (non-hydrogen) atoms. The number of amides is 3. The maximum absolute atomic E-state index is 13.1. The summed E-state index contributed by atoms with van der Waals surface area (Å²) in [4.78, 5) is 56.0. The average molecular weight is 489 g/mol. The lowest BCUT2D eigenvalue weighted by Gasteiger charge is -2.23. The number of aliphatic imine (C=N–C) groups is 1. The van der Waals surface area contributed by atoms with Crippen LogP contribution in [0.15, 0.2) is 35.5 Å². The highest BCUT2D eigenvalue weighted by Gasteiger charge is 2.28. The van der Waals surface area contributed by atoms with Crippen molar-refractivity contribution in [2.24, 2.45) is 22.2 Å². The Morgan fingerprint density at radius 2 is 1.74 bits per heavy atom. The van der Waals surface area contributed by atoms with E-state index in [1.165, 1.54) is 6.92 Å². The van der Waals surface area contributed by atoms with Crippen LogP contribution >= 0.6 is 0 Å². The van der Waals surface area contributed by atoms with Gasteiger partial charge in [0.25, 0.3) is 0 Å². The number of fused-ring (bicyclic) bond motifs is 1. The number of aliphatic carboxylic acids is 1. The van der Waals surface area contributed by atoms with Crippen molar-refractivity contribution in [3.8, 4) is 0 Å². The molecule has 0 bridgehead atoms. The molecule has 13 nitrogen and oxygen atoms in total. The van der Waals surface area contributed by atoms with Gasteiger partial charge in [-0.1, -0.05) is 18.2 Å². The topological polar surface area (TPSA) is 231 Å². The van der Waals surface area contributed by atoms with Gasteiger partial charge >= 0.3 is 5.97 Å². The van der Waals surface area contributed by atoms with Crippen LogP contribution < -0.4 is 33.2 Å². The maximum atomic E-state index is 13.1. The van der Waals surface area contributed by atoms with Crippen molar-refractivity contribution in [1.29, 1.82) is 0 Å². The quantitative estimate of drug-likeness (QED) is 0.0915. The minimum atomic E-state index is -1.22. The summed E-state index contributed by atoms with van der Waals surface area (Å²) >= 11 is 0. The first-order valence-electron chi connectivity index (χ1n) is 11.0. The minimum Gasteiger partial charge on any atom is -0.480 e. The van der Waals surface area contributed by atoms with E-state index in [2.05, 4.69) is 25.9 Å². The number of hydrogen-bond acceptors (Lipinski definition) is 6. The molecule has 1 heterocycles. The zero-order valence-corrected chi connectivity index (χ0v) is 19.4. The van der Waals surface area contributed by atoms with Crippen LogP contribution in [0.25, 0.3) is 10.9 Å². The molecule has 3 atom stereocenters. The Labute approximate surface area is 201 Å². The van der Waals surface area contributed by atoms with E-state index in [1.54, 1.807) is 6.20 Å². The Morgan fingerprint density at radius 1 is 1.06 bits per heavy atom. The van der Waals surface area contributed by atoms with Gasteiger partial charge < -0.3 is 43.2 Å². The SMILES string of the molecule is CC(N)C(=O)NC(CCCN=C(N)N)C(=O)NC(Cc1c[nH]c2ccccc12)C(=O)NCC(=O)O. The van der Waals surface area contributed by atoms with Crippen molar-refractivity contribution >= 4 is 40.6 Å². The third-order valence-electron chi connectivity index (χ3n) is 5.14. The van der Waals surface area contributed by atoms with Gasteiger partial charge in [0.15, 0.2) is 5.96 Å². The molecule has 0 saturated carbocycles. The summed E-state index contributed by atoms with van der Waals surface area (Å²) in [7, 11) is 0. The summed E-state index contributed by atoms with van der Waals surface area (Å²) in [6, 6.07) is 4.46. The second-order valence-electron chi connectivity index (χ2n) is 8.04. The van der Waals surface area contributed by atoms with E-state index in [9.17, 15) is 19.2 Å². The molecule has 0 saturated heterocycles. The molecule has 0 aliphatic carbocycles. The number of carbonyl (C=O) groups is 4. The maximum Gasteiger partial charge on any atom is 0.322 e. The Hall–Kier alpha value is -4.13. The lowest BCUT2D eigenvalue weighted by Crippen LogP contribution is -2.56. The predicted molar refractivity (Wildman–Crippen MR) is 130 cm³/mol. The van der Waals surface area contributed by atoms with Gasteiger partial charge in [-0.25, -0.2) is 0 Å². The number of hydrogen-bond donors (Lipinski definition) is 8. The number of nitrogens with two attached hydrogens (primary N) is 3. The molecule has 1 aromatic heterocycles. The first kappa shape index (κ1) is 27.1. The van der Waals surface area contributed by atoms with Crippen molar-refractivity contribution in [2.45, 2.75) is 44.3 Å². The zero-order chi connectivity index (χ0) is 26.0. The smallest absolute Gasteiger partial charge is 0.322 e. The Bertz CT molecular complexity index is 1080. The summed E-state index contributed by atoms with van der Waals surface area (Å²) in [5, 5.41) is 17.3. The number of carboxylic acid groups (broad SMARTS) is 1. The minimum absolute atomic E-state index is 0.0865. The van der Waals surface area contributed by atoms with E-state index in [0.717, 1.165) is 16.5 Å². The highest BCUT2D eigenvalue weighted by Crippen LogP contribution is 2.19. The average Bonchev–Trinajstić information content (AvgIpc) is 3.21. The highest BCUT2D eigenvalue weighted by molar-refractivity contribution is 5.94. The number of aromatic nitrogens is 1. The van der Waals surface area contributed by atoms with Gasteiger partial charge in [-0.3, -0.25) is 24.2 Å². The Morgan fingerprint density at radius 3 is 2.40 bits per heavy atom. The van der Waals surface area contributed by atoms with E-state index in [-0.39, 0.29) is 25.3 Å². The van der Waals surface area contributed by atoms with Gasteiger partial charge in [-0.15, -0.1) is 0 Å². The number of para-hydroxylation sites is 1. The van der Waals surface area contributed by atoms with Gasteiger partial charge in [-0.2, -0.15) is 0 Å². The monoisotopic (exact) mass is 488 g/mol. The van der Waals surface area contributed by atoms with Crippen LogP contribution in [0.2, 0.25) is 0 Å². The van der Waals surface area contributed by atoms with Gasteiger partial charge in [0.05, 0.1) is 6.04 Å². The fourth-order valence-electron chi connectivity index (χ4n) is 3.36. The molecule has 0 fully saturated rings. The van der Waals surface area contributed by atoms with Crippen molar-refractivity contribution in [2.75, 3.05) is 13.1 Å². The molecule has 2 aromatic rings. The standard InChI is InChI=1S/C22H32N8O5/c1-12(23)19(33)29-16(7-4-8-26-22(24)25)21(35)30-17(20(34)28-11-18(31)32)9-13-10-27-15-6-3-2-5-14(13)15/h2-3,5-6,10,12,16-17,27H,4,7-9,11,23H2,1H3,(H,28,34)(H,29,33)(H,30,35)(H,31,32)(H4,24,25,26). The zero-order valence-electron chi connectivity index (χ0n) is 19.4.